The molecular weight excluding hydrogens is 148 g/mol. The third kappa shape index (κ3) is 2.76. The van der Waals surface area contributed by atoms with Gasteiger partial charge in [-0.25, -0.2) is 0 Å². The molecule has 0 amide bonds. The Morgan fingerprint density at radius 1 is 1.50 bits per heavy atom. The molecule has 1 rings (SSSR count). The third-order valence-corrected chi connectivity index (χ3v) is 2.70. The van der Waals surface area contributed by atoms with Crippen molar-refractivity contribution in [3.05, 3.63) is 6.92 Å². The van der Waals surface area contributed by atoms with E-state index in [1.807, 2.05) is 0 Å². The van der Waals surface area contributed by atoms with Crippen LogP contribution in [-0.2, 0) is 0 Å². The summed E-state index contributed by atoms with van der Waals surface area (Å²) in [7, 11) is 4.35. The van der Waals surface area contributed by atoms with E-state index in [1.165, 1.54) is 32.5 Å². The Hall–Kier alpha value is -0.0800. The van der Waals surface area contributed by atoms with Crippen LogP contribution in [0.3, 0.4) is 0 Å². The Morgan fingerprint density at radius 2 is 2.25 bits per heavy atom. The number of likely N-dealkylation sites (tertiary alicyclic amines) is 1. The lowest BCUT2D eigenvalue weighted by Crippen LogP contribution is -2.31. The van der Waals surface area contributed by atoms with E-state index in [0.717, 1.165) is 12.5 Å². The molecule has 0 aromatic carbocycles. The molecule has 1 fully saturated rings. The van der Waals surface area contributed by atoms with Crippen molar-refractivity contribution >= 4 is 0 Å². The molecule has 1 heterocycles. The van der Waals surface area contributed by atoms with E-state index >= 15 is 0 Å². The first-order valence-corrected chi connectivity index (χ1v) is 4.92. The number of nitrogens with zero attached hydrogens (tertiary/aromatic N) is 2. The molecule has 71 valence electrons. The van der Waals surface area contributed by atoms with Gasteiger partial charge in [-0.05, 0) is 40.0 Å². The zero-order valence-electron chi connectivity index (χ0n) is 8.42. The Bertz CT molecular complexity index is 123. The van der Waals surface area contributed by atoms with E-state index in [0.29, 0.717) is 0 Å². The van der Waals surface area contributed by atoms with Gasteiger partial charge in [0.1, 0.15) is 0 Å². The summed E-state index contributed by atoms with van der Waals surface area (Å²) in [5.74, 6) is 0. The van der Waals surface area contributed by atoms with Gasteiger partial charge in [-0.1, -0.05) is 13.3 Å². The van der Waals surface area contributed by atoms with E-state index in [4.69, 9.17) is 0 Å². The second kappa shape index (κ2) is 4.83. The van der Waals surface area contributed by atoms with Gasteiger partial charge in [0.2, 0.25) is 0 Å². The Morgan fingerprint density at radius 3 is 2.75 bits per heavy atom. The fourth-order valence-electron chi connectivity index (χ4n) is 1.77. The van der Waals surface area contributed by atoms with Gasteiger partial charge >= 0.3 is 0 Å². The molecule has 0 spiro atoms. The van der Waals surface area contributed by atoms with E-state index in [2.05, 4.69) is 30.8 Å². The zero-order valence-corrected chi connectivity index (χ0v) is 8.42. The minimum atomic E-state index is 0.787. The molecule has 0 bridgehead atoms. The van der Waals surface area contributed by atoms with E-state index in [1.54, 1.807) is 0 Å². The number of rotatable bonds is 4. The summed E-state index contributed by atoms with van der Waals surface area (Å²) >= 11 is 0. The van der Waals surface area contributed by atoms with Crippen LogP contribution in [0.4, 0.5) is 0 Å². The average Bonchev–Trinajstić information content (AvgIpc) is 2.48. The predicted octanol–water partition coefficient (Wildman–Crippen LogP) is 1.24. The molecule has 1 aliphatic rings. The van der Waals surface area contributed by atoms with Crippen molar-refractivity contribution in [2.45, 2.75) is 25.3 Å². The fraction of sp³-hybridized carbons (Fsp3) is 0.900. The lowest BCUT2D eigenvalue weighted by atomic mass is 10.2. The summed E-state index contributed by atoms with van der Waals surface area (Å²) in [4.78, 5) is 4.89. The van der Waals surface area contributed by atoms with Gasteiger partial charge in [-0.2, -0.15) is 0 Å². The van der Waals surface area contributed by atoms with Crippen LogP contribution in [0.1, 0.15) is 19.3 Å². The molecule has 2 heteroatoms. The van der Waals surface area contributed by atoms with Gasteiger partial charge < -0.3 is 9.80 Å². The highest BCUT2D eigenvalue weighted by molar-refractivity contribution is 4.80. The van der Waals surface area contributed by atoms with Gasteiger partial charge in [-0.3, -0.25) is 0 Å². The largest absolute Gasteiger partial charge is 0.305 e. The van der Waals surface area contributed by atoms with Crippen molar-refractivity contribution in [3.8, 4) is 0 Å². The Labute approximate surface area is 76.5 Å². The number of likely N-dealkylation sites (N-methyl/N-ethyl adjacent to an activating group) is 1. The SMILES string of the molecule is [CH2]CCCN1CCC(N(C)C)C1. The summed E-state index contributed by atoms with van der Waals surface area (Å²) in [5, 5.41) is 0. The quantitative estimate of drug-likeness (QED) is 0.624. The topological polar surface area (TPSA) is 6.48 Å². The first-order valence-electron chi connectivity index (χ1n) is 4.92. The van der Waals surface area contributed by atoms with Crippen molar-refractivity contribution in [1.29, 1.82) is 0 Å². The molecule has 1 saturated heterocycles. The summed E-state index contributed by atoms with van der Waals surface area (Å²) in [5.41, 5.74) is 0. The summed E-state index contributed by atoms with van der Waals surface area (Å²) < 4.78 is 0. The summed E-state index contributed by atoms with van der Waals surface area (Å²) in [6.45, 7) is 7.65. The summed E-state index contributed by atoms with van der Waals surface area (Å²) in [6, 6.07) is 0.787. The first-order chi connectivity index (χ1) is 5.74. The van der Waals surface area contributed by atoms with Crippen molar-refractivity contribution in [2.24, 2.45) is 0 Å². The standard InChI is InChI=1S/C10H21N2/c1-4-5-7-12-8-6-10(9-12)11(2)3/h10H,1,4-9H2,2-3H3. The molecular formula is C10H21N2. The van der Waals surface area contributed by atoms with Gasteiger partial charge in [-0.15, -0.1) is 0 Å². The molecule has 0 N–H and O–H groups in total. The molecule has 0 saturated carbocycles. The minimum Gasteiger partial charge on any atom is -0.305 e. The molecule has 0 aliphatic carbocycles. The molecule has 12 heavy (non-hydrogen) atoms. The van der Waals surface area contributed by atoms with Gasteiger partial charge in [0.25, 0.3) is 0 Å². The third-order valence-electron chi connectivity index (χ3n) is 2.70. The molecule has 2 nitrogen and oxygen atoms in total. The molecule has 0 aromatic rings. The monoisotopic (exact) mass is 169 g/mol. The van der Waals surface area contributed by atoms with Gasteiger partial charge in [0, 0.05) is 12.6 Å². The second-order valence-corrected chi connectivity index (χ2v) is 3.91. The number of hydrogen-bond acceptors (Lipinski definition) is 2. The van der Waals surface area contributed by atoms with Crippen LogP contribution in [0, 0.1) is 6.92 Å². The minimum absolute atomic E-state index is 0.787. The van der Waals surface area contributed by atoms with Crippen LogP contribution < -0.4 is 0 Å². The van der Waals surface area contributed by atoms with Gasteiger partial charge in [0.15, 0.2) is 0 Å². The van der Waals surface area contributed by atoms with Crippen molar-refractivity contribution < 1.29 is 0 Å². The predicted molar refractivity (Wildman–Crippen MR) is 53.1 cm³/mol. The lowest BCUT2D eigenvalue weighted by molar-refractivity contribution is 0.267. The van der Waals surface area contributed by atoms with Gasteiger partial charge in [0.05, 0.1) is 0 Å². The molecule has 1 radical (unpaired) electrons. The maximum Gasteiger partial charge on any atom is 0.0229 e. The first kappa shape index (κ1) is 10.0. The van der Waals surface area contributed by atoms with Crippen LogP contribution in [0.25, 0.3) is 0 Å². The molecule has 1 unspecified atom stereocenters. The average molecular weight is 169 g/mol. The van der Waals surface area contributed by atoms with E-state index in [9.17, 15) is 0 Å². The van der Waals surface area contributed by atoms with Crippen molar-refractivity contribution in [1.82, 2.24) is 9.80 Å². The second-order valence-electron chi connectivity index (χ2n) is 3.91. The van der Waals surface area contributed by atoms with E-state index < -0.39 is 0 Å². The number of unbranched alkanes of at least 4 members (excludes halogenated alkanes) is 1. The Kier molecular flexibility index (Phi) is 4.02. The van der Waals surface area contributed by atoms with E-state index in [-0.39, 0.29) is 0 Å². The molecule has 1 atom stereocenters. The van der Waals surface area contributed by atoms with Crippen molar-refractivity contribution in [3.63, 3.8) is 0 Å². The van der Waals surface area contributed by atoms with Crippen LogP contribution in [0.15, 0.2) is 0 Å². The number of hydrogen-bond donors (Lipinski definition) is 0. The summed E-state index contributed by atoms with van der Waals surface area (Å²) in [6.07, 6.45) is 3.66. The van der Waals surface area contributed by atoms with Crippen molar-refractivity contribution in [2.75, 3.05) is 33.7 Å². The van der Waals surface area contributed by atoms with Crippen LogP contribution in [-0.4, -0.2) is 49.6 Å². The highest BCUT2D eigenvalue weighted by atomic mass is 15.2. The normalized spacial score (nSPS) is 25.5. The highest BCUT2D eigenvalue weighted by Gasteiger charge is 2.22. The maximum absolute atomic E-state index is 3.86. The van der Waals surface area contributed by atoms with Crippen LogP contribution >= 0.6 is 0 Å². The zero-order chi connectivity index (χ0) is 8.97. The van der Waals surface area contributed by atoms with Crippen LogP contribution in [0.5, 0.6) is 0 Å². The lowest BCUT2D eigenvalue weighted by Gasteiger charge is -2.20. The van der Waals surface area contributed by atoms with Crippen LogP contribution in [0.2, 0.25) is 0 Å². The molecule has 0 aromatic heterocycles. The molecule has 1 aliphatic heterocycles. The smallest absolute Gasteiger partial charge is 0.0229 e. The Balaban J connectivity index is 2.17. The fourth-order valence-corrected chi connectivity index (χ4v) is 1.77. The maximum atomic E-state index is 3.86. The highest BCUT2D eigenvalue weighted by Crippen LogP contribution is 2.13.